The minimum absolute atomic E-state index is 0.0915. The number of aromatic nitrogens is 1. The van der Waals surface area contributed by atoms with Gasteiger partial charge in [0, 0.05) is 24.1 Å². The van der Waals surface area contributed by atoms with Gasteiger partial charge >= 0.3 is 0 Å². The van der Waals surface area contributed by atoms with E-state index in [4.69, 9.17) is 11.6 Å². The minimum atomic E-state index is 0.0915. The number of hydrogen-bond donors (Lipinski definition) is 2. The number of rotatable bonds is 3. The van der Waals surface area contributed by atoms with E-state index in [-0.39, 0.29) is 11.8 Å². The summed E-state index contributed by atoms with van der Waals surface area (Å²) in [5.74, 6) is 0.0915. The summed E-state index contributed by atoms with van der Waals surface area (Å²) in [5.41, 5.74) is 2.02. The summed E-state index contributed by atoms with van der Waals surface area (Å²) >= 11 is 5.84. The van der Waals surface area contributed by atoms with Crippen molar-refractivity contribution in [3.8, 4) is 5.75 Å². The molecule has 3 nitrogen and oxygen atoms in total. The van der Waals surface area contributed by atoms with Crippen molar-refractivity contribution in [2.45, 2.75) is 13.0 Å². The lowest BCUT2D eigenvalue weighted by Gasteiger charge is -2.15. The predicted molar refractivity (Wildman–Crippen MR) is 69.4 cm³/mol. The van der Waals surface area contributed by atoms with Crippen molar-refractivity contribution in [1.82, 2.24) is 4.98 Å². The van der Waals surface area contributed by atoms with Crippen LogP contribution in [0.4, 0.5) is 5.69 Å². The summed E-state index contributed by atoms with van der Waals surface area (Å²) in [4.78, 5) is 3.98. The lowest BCUT2D eigenvalue weighted by Crippen LogP contribution is -2.06. The van der Waals surface area contributed by atoms with Gasteiger partial charge in [0.15, 0.2) is 0 Å². The number of phenolic OH excluding ortho intramolecular Hbond substituents is 1. The van der Waals surface area contributed by atoms with Gasteiger partial charge in [-0.15, -0.1) is 0 Å². The van der Waals surface area contributed by atoms with E-state index in [0.717, 1.165) is 11.3 Å². The van der Waals surface area contributed by atoms with Gasteiger partial charge in [-0.2, -0.15) is 0 Å². The van der Waals surface area contributed by atoms with E-state index >= 15 is 0 Å². The highest BCUT2D eigenvalue weighted by Crippen LogP contribution is 2.28. The van der Waals surface area contributed by atoms with E-state index in [2.05, 4.69) is 17.2 Å². The van der Waals surface area contributed by atoms with Crippen LogP contribution in [0, 0.1) is 0 Å². The Morgan fingerprint density at radius 2 is 1.94 bits per heavy atom. The summed E-state index contributed by atoms with van der Waals surface area (Å²) in [6.07, 6.45) is 3.52. The van der Waals surface area contributed by atoms with Gasteiger partial charge < -0.3 is 10.4 Å². The number of benzene rings is 1. The van der Waals surface area contributed by atoms with Crippen molar-refractivity contribution in [1.29, 1.82) is 0 Å². The average Bonchev–Trinajstić information content (AvgIpc) is 2.35. The van der Waals surface area contributed by atoms with Crippen LogP contribution in [0.5, 0.6) is 5.75 Å². The maximum absolute atomic E-state index is 9.33. The number of nitrogens with zero attached hydrogens (tertiary/aromatic N) is 1. The molecular weight excluding hydrogens is 236 g/mol. The molecule has 0 aliphatic heterocycles. The van der Waals surface area contributed by atoms with Gasteiger partial charge in [0.05, 0.1) is 5.02 Å². The molecule has 1 heterocycles. The van der Waals surface area contributed by atoms with Gasteiger partial charge in [0.25, 0.3) is 0 Å². The number of phenols is 1. The molecule has 1 aromatic heterocycles. The maximum Gasteiger partial charge on any atom is 0.134 e. The normalized spacial score (nSPS) is 12.1. The molecule has 4 heteroatoms. The zero-order valence-corrected chi connectivity index (χ0v) is 10.1. The first-order valence-corrected chi connectivity index (χ1v) is 5.69. The smallest absolute Gasteiger partial charge is 0.134 e. The second-order valence-corrected chi connectivity index (χ2v) is 4.22. The van der Waals surface area contributed by atoms with Crippen LogP contribution in [-0.2, 0) is 0 Å². The minimum Gasteiger partial charge on any atom is -0.506 e. The molecule has 2 aromatic rings. The van der Waals surface area contributed by atoms with E-state index < -0.39 is 0 Å². The number of anilines is 1. The molecule has 88 valence electrons. The molecule has 1 aromatic carbocycles. The standard InChI is InChI=1S/C13H13ClN2O/c1-9(10-4-6-15-7-5-10)16-11-2-3-13(17)12(14)8-11/h2-9,16-17H,1H3. The Morgan fingerprint density at radius 3 is 2.59 bits per heavy atom. The van der Waals surface area contributed by atoms with Crippen molar-refractivity contribution in [2.24, 2.45) is 0 Å². The molecule has 0 amide bonds. The second-order valence-electron chi connectivity index (χ2n) is 3.81. The SMILES string of the molecule is CC(Nc1ccc(O)c(Cl)c1)c1ccncc1. The molecule has 17 heavy (non-hydrogen) atoms. The summed E-state index contributed by atoms with van der Waals surface area (Å²) in [7, 11) is 0. The third kappa shape index (κ3) is 2.88. The third-order valence-corrected chi connectivity index (χ3v) is 2.84. The molecule has 0 bridgehead atoms. The quantitative estimate of drug-likeness (QED) is 0.816. The molecule has 1 atom stereocenters. The molecule has 0 radical (unpaired) electrons. The Balaban J connectivity index is 2.13. The predicted octanol–water partition coefficient (Wildman–Crippen LogP) is 3.61. The van der Waals surface area contributed by atoms with Gasteiger partial charge in [-0.1, -0.05) is 11.6 Å². The zero-order valence-electron chi connectivity index (χ0n) is 9.39. The first-order chi connectivity index (χ1) is 8.16. The summed E-state index contributed by atoms with van der Waals surface area (Å²) < 4.78 is 0. The molecule has 2 N–H and O–H groups in total. The largest absolute Gasteiger partial charge is 0.506 e. The number of aromatic hydroxyl groups is 1. The van der Waals surface area contributed by atoms with Gasteiger partial charge in [0.1, 0.15) is 5.75 Å². The number of nitrogens with one attached hydrogen (secondary N) is 1. The van der Waals surface area contributed by atoms with Crippen LogP contribution in [0.3, 0.4) is 0 Å². The highest BCUT2D eigenvalue weighted by Gasteiger charge is 2.06. The topological polar surface area (TPSA) is 45.1 Å². The summed E-state index contributed by atoms with van der Waals surface area (Å²) in [6.45, 7) is 2.05. The van der Waals surface area contributed by atoms with Crippen LogP contribution in [0.1, 0.15) is 18.5 Å². The molecule has 1 unspecified atom stereocenters. The first kappa shape index (κ1) is 11.7. The zero-order chi connectivity index (χ0) is 12.3. The lowest BCUT2D eigenvalue weighted by atomic mass is 10.1. The van der Waals surface area contributed by atoms with Crippen molar-refractivity contribution >= 4 is 17.3 Å². The third-order valence-electron chi connectivity index (χ3n) is 2.54. The Bertz CT molecular complexity index is 502. The number of pyridine rings is 1. The molecule has 0 saturated carbocycles. The van der Waals surface area contributed by atoms with Crippen LogP contribution in [-0.4, -0.2) is 10.1 Å². The van der Waals surface area contributed by atoms with Crippen molar-refractivity contribution < 1.29 is 5.11 Å². The van der Waals surface area contributed by atoms with E-state index in [9.17, 15) is 5.11 Å². The van der Waals surface area contributed by atoms with Crippen molar-refractivity contribution in [2.75, 3.05) is 5.32 Å². The van der Waals surface area contributed by atoms with Gasteiger partial charge in [-0.3, -0.25) is 4.98 Å². The van der Waals surface area contributed by atoms with Crippen LogP contribution in [0.25, 0.3) is 0 Å². The van der Waals surface area contributed by atoms with Crippen LogP contribution in [0.2, 0.25) is 5.02 Å². The Hall–Kier alpha value is -1.74. The van der Waals surface area contributed by atoms with E-state index in [0.29, 0.717) is 5.02 Å². The molecule has 0 aliphatic rings. The average molecular weight is 249 g/mol. The lowest BCUT2D eigenvalue weighted by molar-refractivity contribution is 0.475. The fourth-order valence-electron chi connectivity index (χ4n) is 1.58. The molecule has 0 aliphatic carbocycles. The van der Waals surface area contributed by atoms with Crippen molar-refractivity contribution in [3.05, 3.63) is 53.3 Å². The number of hydrogen-bond acceptors (Lipinski definition) is 3. The highest BCUT2D eigenvalue weighted by atomic mass is 35.5. The van der Waals surface area contributed by atoms with Crippen LogP contribution < -0.4 is 5.32 Å². The molecular formula is C13H13ClN2O. The Kier molecular flexibility index (Phi) is 3.49. The Morgan fingerprint density at radius 1 is 1.24 bits per heavy atom. The fraction of sp³-hybridized carbons (Fsp3) is 0.154. The van der Waals surface area contributed by atoms with Gasteiger partial charge in [-0.25, -0.2) is 0 Å². The monoisotopic (exact) mass is 248 g/mol. The molecule has 0 fully saturated rings. The molecule has 0 saturated heterocycles. The van der Waals surface area contributed by atoms with E-state index in [1.54, 1.807) is 30.6 Å². The van der Waals surface area contributed by atoms with Gasteiger partial charge in [0.2, 0.25) is 0 Å². The highest BCUT2D eigenvalue weighted by molar-refractivity contribution is 6.32. The molecule has 2 rings (SSSR count). The summed E-state index contributed by atoms with van der Waals surface area (Å²) in [6, 6.07) is 9.13. The van der Waals surface area contributed by atoms with Crippen LogP contribution in [0.15, 0.2) is 42.7 Å². The number of halogens is 1. The summed E-state index contributed by atoms with van der Waals surface area (Å²) in [5, 5.41) is 13.0. The van der Waals surface area contributed by atoms with E-state index in [1.807, 2.05) is 12.1 Å². The molecule has 0 spiro atoms. The van der Waals surface area contributed by atoms with Crippen molar-refractivity contribution in [3.63, 3.8) is 0 Å². The maximum atomic E-state index is 9.33. The second kappa shape index (κ2) is 5.06. The van der Waals surface area contributed by atoms with E-state index in [1.165, 1.54) is 0 Å². The fourth-order valence-corrected chi connectivity index (χ4v) is 1.76. The van der Waals surface area contributed by atoms with Gasteiger partial charge in [-0.05, 0) is 42.8 Å². The Labute approximate surface area is 105 Å². The first-order valence-electron chi connectivity index (χ1n) is 5.32. The van der Waals surface area contributed by atoms with Crippen LogP contribution >= 0.6 is 11.6 Å².